The van der Waals surface area contributed by atoms with E-state index in [2.05, 4.69) is 38.1 Å². The van der Waals surface area contributed by atoms with E-state index in [1.807, 2.05) is 28.7 Å². The van der Waals surface area contributed by atoms with Gasteiger partial charge in [-0.25, -0.2) is 10.4 Å². The number of nitrogens with zero attached hydrogens (tertiary/aromatic N) is 3. The van der Waals surface area contributed by atoms with Crippen LogP contribution in [0, 0.1) is 7.14 Å². The first-order valence-electron chi connectivity index (χ1n) is 9.74. The largest absolute Gasteiger partial charge is 0.506 e. The maximum absolute atomic E-state index is 13.2. The Morgan fingerprint density at radius 1 is 1.18 bits per heavy atom. The van der Waals surface area contributed by atoms with Gasteiger partial charge in [0.15, 0.2) is 5.16 Å². The Morgan fingerprint density at radius 2 is 1.91 bits per heavy atom. The van der Waals surface area contributed by atoms with Crippen LogP contribution in [0.5, 0.6) is 5.75 Å². The van der Waals surface area contributed by atoms with Gasteiger partial charge in [-0.15, -0.1) is 0 Å². The zero-order valence-electron chi connectivity index (χ0n) is 17.2. The zero-order valence-corrected chi connectivity index (χ0v) is 23.1. The van der Waals surface area contributed by atoms with Crippen molar-refractivity contribution in [2.45, 2.75) is 5.16 Å². The molecule has 1 aromatic heterocycles. The zero-order chi connectivity index (χ0) is 24.2. The van der Waals surface area contributed by atoms with Gasteiger partial charge in [-0.05, 0) is 93.7 Å². The van der Waals surface area contributed by atoms with Gasteiger partial charge in [0, 0.05) is 14.2 Å². The average molecular weight is 717 g/mol. The quantitative estimate of drug-likeness (QED) is 0.0942. The second kappa shape index (κ2) is 11.1. The summed E-state index contributed by atoms with van der Waals surface area (Å²) in [5, 5.41) is 15.5. The van der Waals surface area contributed by atoms with Crippen molar-refractivity contribution < 1.29 is 9.90 Å². The van der Waals surface area contributed by atoms with Crippen LogP contribution < -0.4 is 11.0 Å². The maximum Gasteiger partial charge on any atom is 0.266 e. The number of thioether (sulfide) groups is 1. The van der Waals surface area contributed by atoms with Crippen molar-refractivity contribution in [1.29, 1.82) is 0 Å². The molecule has 11 heteroatoms. The number of carbonyl (C=O) groups excluding carboxylic acids is 1. The van der Waals surface area contributed by atoms with Gasteiger partial charge in [-0.1, -0.05) is 35.5 Å². The first kappa shape index (κ1) is 24.9. The number of fused-ring (bicyclic) bond motifs is 1. The van der Waals surface area contributed by atoms with Crippen LogP contribution >= 0.6 is 68.5 Å². The first-order valence-corrected chi connectivity index (χ1v) is 13.3. The summed E-state index contributed by atoms with van der Waals surface area (Å²) < 4.78 is 3.09. The van der Waals surface area contributed by atoms with Crippen LogP contribution in [0.1, 0.15) is 5.56 Å². The van der Waals surface area contributed by atoms with E-state index < -0.39 is 0 Å². The number of aromatic hydroxyl groups is 1. The third-order valence-corrected chi connectivity index (χ3v) is 7.25. The number of aromatic nitrogens is 2. The minimum absolute atomic E-state index is 0.0223. The number of nitrogens with one attached hydrogen (secondary N) is 1. The van der Waals surface area contributed by atoms with Crippen molar-refractivity contribution in [1.82, 2.24) is 15.0 Å². The molecule has 7 nitrogen and oxygen atoms in total. The van der Waals surface area contributed by atoms with Crippen LogP contribution in [-0.4, -0.2) is 32.5 Å². The lowest BCUT2D eigenvalue weighted by molar-refractivity contribution is -0.118. The van der Waals surface area contributed by atoms with Crippen molar-refractivity contribution in [3.8, 4) is 11.4 Å². The fourth-order valence-electron chi connectivity index (χ4n) is 3.05. The number of para-hydroxylation sites is 1. The molecule has 0 unspecified atom stereocenters. The molecule has 0 radical (unpaired) electrons. The van der Waals surface area contributed by atoms with Crippen molar-refractivity contribution in [2.24, 2.45) is 5.10 Å². The summed E-state index contributed by atoms with van der Waals surface area (Å²) in [5.41, 5.74) is 3.84. The SMILES string of the molecule is O=C(CSc1nc2ccccc2c(=O)n1-c1ccc(Cl)cc1)N/N=C\c1cc(I)cc(I)c1O. The van der Waals surface area contributed by atoms with E-state index in [1.165, 1.54) is 10.8 Å². The van der Waals surface area contributed by atoms with E-state index in [4.69, 9.17) is 11.6 Å². The number of carbonyl (C=O) groups is 1. The van der Waals surface area contributed by atoms with Gasteiger partial charge in [-0.2, -0.15) is 5.10 Å². The summed E-state index contributed by atoms with van der Waals surface area (Å²) in [4.78, 5) is 30.3. The summed E-state index contributed by atoms with van der Waals surface area (Å²) in [6, 6.07) is 17.5. The lowest BCUT2D eigenvalue weighted by Crippen LogP contribution is -2.24. The highest BCUT2D eigenvalue weighted by molar-refractivity contribution is 14.1. The number of rotatable bonds is 6. The smallest absolute Gasteiger partial charge is 0.266 e. The standard InChI is InChI=1S/C23H15ClI2N4O3S/c24-14-5-7-16(8-6-14)30-22(33)17-3-1-2-4-19(17)28-23(30)34-12-20(31)29-27-11-13-9-15(25)10-18(26)21(13)32/h1-11,32H,12H2,(H,29,31)/b27-11-. The van der Waals surface area contributed by atoms with Crippen molar-refractivity contribution in [3.05, 3.63) is 88.7 Å². The Bertz CT molecular complexity index is 1480. The molecule has 0 saturated carbocycles. The molecule has 0 atom stereocenters. The molecule has 0 aliphatic carbocycles. The number of phenols is 1. The van der Waals surface area contributed by atoms with Crippen LogP contribution in [0.3, 0.4) is 0 Å². The average Bonchev–Trinajstić information content (AvgIpc) is 2.82. The molecule has 1 heterocycles. The van der Waals surface area contributed by atoms with Gasteiger partial charge in [-0.3, -0.25) is 14.2 Å². The lowest BCUT2D eigenvalue weighted by atomic mass is 10.2. The van der Waals surface area contributed by atoms with E-state index in [0.29, 0.717) is 35.9 Å². The predicted octanol–water partition coefficient (Wildman–Crippen LogP) is 5.20. The van der Waals surface area contributed by atoms with Gasteiger partial charge < -0.3 is 5.11 Å². The van der Waals surface area contributed by atoms with Gasteiger partial charge in [0.05, 0.1) is 32.1 Å². The summed E-state index contributed by atoms with van der Waals surface area (Å²) in [6.07, 6.45) is 1.39. The molecule has 0 fully saturated rings. The highest BCUT2D eigenvalue weighted by Crippen LogP contribution is 2.26. The number of hydrogen-bond donors (Lipinski definition) is 2. The molecule has 4 rings (SSSR count). The number of hydrazone groups is 1. The molecule has 0 bridgehead atoms. The van der Waals surface area contributed by atoms with Crippen LogP contribution in [0.15, 0.2) is 75.7 Å². The number of hydrogen-bond acceptors (Lipinski definition) is 6. The number of benzene rings is 3. The third kappa shape index (κ3) is 5.73. The Balaban J connectivity index is 1.56. The highest BCUT2D eigenvalue weighted by atomic mass is 127. The minimum Gasteiger partial charge on any atom is -0.506 e. The Hall–Kier alpha value is -2.16. The summed E-state index contributed by atoms with van der Waals surface area (Å²) >= 11 is 11.3. The van der Waals surface area contributed by atoms with Crippen molar-refractivity contribution >= 4 is 91.6 Å². The molecular weight excluding hydrogens is 702 g/mol. The molecule has 0 aliphatic rings. The van der Waals surface area contributed by atoms with Gasteiger partial charge in [0.25, 0.3) is 11.5 Å². The second-order valence-electron chi connectivity index (χ2n) is 6.94. The Morgan fingerprint density at radius 3 is 2.68 bits per heavy atom. The minimum atomic E-state index is -0.383. The molecular formula is C23H15ClI2N4O3S. The molecule has 3 aromatic carbocycles. The normalized spacial score (nSPS) is 11.3. The van der Waals surface area contributed by atoms with E-state index >= 15 is 0 Å². The molecule has 4 aromatic rings. The number of halogens is 3. The fourth-order valence-corrected chi connectivity index (χ4v) is 5.87. The second-order valence-corrected chi connectivity index (χ2v) is 10.7. The lowest BCUT2D eigenvalue weighted by Gasteiger charge is -2.13. The molecule has 0 aliphatic heterocycles. The first-order chi connectivity index (χ1) is 16.3. The van der Waals surface area contributed by atoms with Gasteiger partial charge in [0.2, 0.25) is 0 Å². The molecule has 34 heavy (non-hydrogen) atoms. The topological polar surface area (TPSA) is 96.6 Å². The van der Waals surface area contributed by atoms with E-state index in [-0.39, 0.29) is 23.0 Å². The van der Waals surface area contributed by atoms with E-state index in [1.54, 1.807) is 54.6 Å². The maximum atomic E-state index is 13.2. The Kier molecular flexibility index (Phi) is 8.11. The fraction of sp³-hybridized carbons (Fsp3) is 0.0435. The van der Waals surface area contributed by atoms with Crippen LogP contribution in [-0.2, 0) is 4.79 Å². The summed E-state index contributed by atoms with van der Waals surface area (Å²) in [7, 11) is 0. The molecule has 0 spiro atoms. The van der Waals surface area contributed by atoms with Crippen molar-refractivity contribution in [2.75, 3.05) is 5.75 Å². The van der Waals surface area contributed by atoms with Crippen LogP contribution in [0.25, 0.3) is 16.6 Å². The van der Waals surface area contributed by atoms with Crippen molar-refractivity contribution in [3.63, 3.8) is 0 Å². The van der Waals surface area contributed by atoms with Gasteiger partial charge >= 0.3 is 0 Å². The highest BCUT2D eigenvalue weighted by Gasteiger charge is 2.15. The predicted molar refractivity (Wildman–Crippen MR) is 152 cm³/mol. The molecule has 172 valence electrons. The monoisotopic (exact) mass is 716 g/mol. The van der Waals surface area contributed by atoms with E-state index in [9.17, 15) is 14.7 Å². The van der Waals surface area contributed by atoms with Gasteiger partial charge in [0.1, 0.15) is 5.75 Å². The van der Waals surface area contributed by atoms with Crippen LogP contribution in [0.2, 0.25) is 5.02 Å². The third-order valence-electron chi connectivity index (χ3n) is 4.61. The number of phenolic OH excluding ortho intramolecular Hbond substituents is 1. The molecule has 1 amide bonds. The molecule has 2 N–H and O–H groups in total. The summed E-state index contributed by atoms with van der Waals surface area (Å²) in [6.45, 7) is 0. The Labute approximate surface area is 230 Å². The van der Waals surface area contributed by atoms with Crippen LogP contribution in [0.4, 0.5) is 0 Å². The van der Waals surface area contributed by atoms with E-state index in [0.717, 1.165) is 15.3 Å². The molecule has 0 saturated heterocycles. The number of amides is 1. The summed E-state index contributed by atoms with van der Waals surface area (Å²) in [5.74, 6) is -0.308.